The molecule has 1 saturated heterocycles. The number of likely N-dealkylation sites (N-methyl/N-ethyl adjacent to an activating group) is 1. The number of hydrogen-bond acceptors (Lipinski definition) is 9. The van der Waals surface area contributed by atoms with Crippen molar-refractivity contribution in [2.75, 3.05) is 66.9 Å². The topological polar surface area (TPSA) is 112 Å². The first kappa shape index (κ1) is 29.5. The number of carbonyl (C=O) groups excluding carboxylic acids is 1. The predicted octanol–water partition coefficient (Wildman–Crippen LogP) is 4.99. The Hall–Kier alpha value is -3.48. The van der Waals surface area contributed by atoms with Gasteiger partial charge < -0.3 is 30.5 Å². The summed E-state index contributed by atoms with van der Waals surface area (Å²) < 4.78 is 32.1. The Morgan fingerprint density at radius 3 is 2.52 bits per heavy atom. The molecule has 0 radical (unpaired) electrons. The second-order valence-corrected chi connectivity index (χ2v) is 11.3. The summed E-state index contributed by atoms with van der Waals surface area (Å²) in [5.74, 6) is 0.703. The molecule has 4 rings (SSSR count). The predicted molar refractivity (Wildman–Crippen MR) is 159 cm³/mol. The highest BCUT2D eigenvalue weighted by Crippen LogP contribution is 2.39. The van der Waals surface area contributed by atoms with E-state index in [1.165, 1.54) is 24.4 Å². The maximum Gasteiger partial charge on any atom is 0.229 e. The van der Waals surface area contributed by atoms with E-state index in [9.17, 15) is 13.4 Å². The summed E-state index contributed by atoms with van der Waals surface area (Å²) >= 11 is 6.37. The van der Waals surface area contributed by atoms with Crippen molar-refractivity contribution in [1.29, 1.82) is 0 Å². The lowest BCUT2D eigenvalue weighted by molar-refractivity contribution is -0.115. The van der Waals surface area contributed by atoms with Crippen LogP contribution in [0.4, 0.5) is 38.9 Å². The van der Waals surface area contributed by atoms with Gasteiger partial charge in [0, 0.05) is 44.4 Å². The maximum absolute atomic E-state index is 13.9. The van der Waals surface area contributed by atoms with Crippen molar-refractivity contribution < 1.29 is 18.1 Å². The van der Waals surface area contributed by atoms with Crippen molar-refractivity contribution in [2.24, 2.45) is 0 Å². The van der Waals surface area contributed by atoms with Crippen molar-refractivity contribution in [1.82, 2.24) is 14.9 Å². The number of nitrogens with zero attached hydrogens (tertiary/aromatic N) is 4. The van der Waals surface area contributed by atoms with E-state index < -0.39 is 16.6 Å². The van der Waals surface area contributed by atoms with E-state index in [1.807, 2.05) is 6.07 Å². The fraction of sp³-hybridized carbons (Fsp3) is 0.370. The van der Waals surface area contributed by atoms with Crippen LogP contribution in [0.15, 0.2) is 41.4 Å². The molecular formula is C27H33ClFN7O3S. The van der Waals surface area contributed by atoms with Crippen molar-refractivity contribution in [2.45, 2.75) is 25.2 Å². The normalized spacial score (nSPS) is 14.5. The maximum atomic E-state index is 13.9. The van der Waals surface area contributed by atoms with Gasteiger partial charge in [-0.05, 0) is 31.3 Å². The zero-order valence-electron chi connectivity index (χ0n) is 22.9. The Morgan fingerprint density at radius 2 is 1.85 bits per heavy atom. The van der Waals surface area contributed by atoms with Gasteiger partial charge in [-0.1, -0.05) is 25.4 Å². The van der Waals surface area contributed by atoms with E-state index in [-0.39, 0.29) is 22.7 Å². The number of rotatable bonds is 10. The number of aromatic nitrogens is 2. The van der Waals surface area contributed by atoms with Crippen LogP contribution in [0.2, 0.25) is 5.02 Å². The zero-order chi connectivity index (χ0) is 28.8. The fourth-order valence-corrected chi connectivity index (χ4v) is 5.25. The summed E-state index contributed by atoms with van der Waals surface area (Å²) in [6, 6.07) is 7.68. The van der Waals surface area contributed by atoms with Crippen LogP contribution in [-0.2, 0) is 15.6 Å². The summed E-state index contributed by atoms with van der Waals surface area (Å²) in [6.07, 6.45) is 1.75. The van der Waals surface area contributed by atoms with Gasteiger partial charge in [-0.25, -0.2) is 9.37 Å². The van der Waals surface area contributed by atoms with Gasteiger partial charge in [0.25, 0.3) is 0 Å². The molecule has 1 aliphatic heterocycles. The Bertz CT molecular complexity index is 1400. The molecule has 0 saturated carbocycles. The lowest BCUT2D eigenvalue weighted by Crippen LogP contribution is -2.44. The molecule has 40 heavy (non-hydrogen) atoms. The number of anilines is 6. The van der Waals surface area contributed by atoms with Crippen LogP contribution in [0, 0.1) is 5.82 Å². The third-order valence-corrected chi connectivity index (χ3v) is 8.08. The number of hydrogen-bond donors (Lipinski definition) is 3. The Kier molecular flexibility index (Phi) is 9.77. The highest BCUT2D eigenvalue weighted by molar-refractivity contribution is 7.85. The van der Waals surface area contributed by atoms with Crippen LogP contribution in [0.5, 0.6) is 5.75 Å². The van der Waals surface area contributed by atoms with Crippen LogP contribution in [-0.4, -0.2) is 71.1 Å². The second-order valence-electron chi connectivity index (χ2n) is 9.18. The molecule has 10 nitrogen and oxygen atoms in total. The Balaban J connectivity index is 1.67. The summed E-state index contributed by atoms with van der Waals surface area (Å²) in [4.78, 5) is 26.0. The minimum Gasteiger partial charge on any atom is -0.494 e. The van der Waals surface area contributed by atoms with Crippen LogP contribution >= 0.6 is 11.6 Å². The summed E-state index contributed by atoms with van der Waals surface area (Å²) in [6.45, 7) is 6.98. The van der Waals surface area contributed by atoms with Crippen LogP contribution in [0.1, 0.15) is 20.3 Å². The van der Waals surface area contributed by atoms with E-state index in [0.29, 0.717) is 39.9 Å². The second kappa shape index (κ2) is 13.2. The minimum atomic E-state index is -1.41. The number of nitrogens with one attached hydrogen (secondary N) is 3. The third kappa shape index (κ3) is 6.98. The lowest BCUT2D eigenvalue weighted by Gasteiger charge is -2.35. The molecule has 1 unspecified atom stereocenters. The number of benzene rings is 2. The van der Waals surface area contributed by atoms with Gasteiger partial charge in [0.2, 0.25) is 11.9 Å². The number of ether oxygens (including phenoxy) is 1. The fourth-order valence-electron chi connectivity index (χ4n) is 4.19. The first-order chi connectivity index (χ1) is 19.2. The van der Waals surface area contributed by atoms with Gasteiger partial charge in [-0.15, -0.1) is 0 Å². The Morgan fingerprint density at radius 1 is 1.10 bits per heavy atom. The molecule has 2 aromatic carbocycles. The molecule has 1 atom stereocenters. The summed E-state index contributed by atoms with van der Waals surface area (Å²) in [5, 5.41) is 9.44. The van der Waals surface area contributed by atoms with Gasteiger partial charge in [0.05, 0.1) is 51.8 Å². The highest BCUT2D eigenvalue weighted by atomic mass is 35.5. The monoisotopic (exact) mass is 589 g/mol. The molecule has 2 heterocycles. The molecule has 1 aliphatic rings. The van der Waals surface area contributed by atoms with Gasteiger partial charge >= 0.3 is 0 Å². The summed E-state index contributed by atoms with van der Waals surface area (Å²) in [7, 11) is 2.24. The van der Waals surface area contributed by atoms with Gasteiger partial charge in [-0.3, -0.25) is 9.00 Å². The molecule has 1 amide bonds. The molecule has 1 fully saturated rings. The van der Waals surface area contributed by atoms with Gasteiger partial charge in [0.15, 0.2) is 5.82 Å². The lowest BCUT2D eigenvalue weighted by atomic mass is 10.1. The van der Waals surface area contributed by atoms with E-state index in [4.69, 9.17) is 16.3 Å². The summed E-state index contributed by atoms with van der Waals surface area (Å²) in [5.41, 5.74) is 2.47. The van der Waals surface area contributed by atoms with Crippen LogP contribution in [0.25, 0.3) is 0 Å². The van der Waals surface area contributed by atoms with Crippen molar-refractivity contribution in [3.05, 3.63) is 47.4 Å². The smallest absolute Gasteiger partial charge is 0.229 e. The minimum absolute atomic E-state index is 0.111. The number of amides is 1. The highest BCUT2D eigenvalue weighted by Gasteiger charge is 2.21. The van der Waals surface area contributed by atoms with E-state index >= 15 is 0 Å². The number of methoxy groups -OCH3 is 1. The van der Waals surface area contributed by atoms with Crippen molar-refractivity contribution in [3.63, 3.8) is 0 Å². The largest absolute Gasteiger partial charge is 0.494 e. The molecule has 0 aliphatic carbocycles. The molecule has 1 aromatic heterocycles. The number of halogens is 2. The average Bonchev–Trinajstić information content (AvgIpc) is 2.95. The SMILES string of the molecule is CCC(=O)Nc1cc(Nc2ncc(Cl)c(Nc3ccc(F)cc3S(=O)CC)n2)c(OC)cc1N1CCN(C)CC1. The number of piperazine rings is 1. The third-order valence-electron chi connectivity index (χ3n) is 6.45. The molecular weight excluding hydrogens is 557 g/mol. The van der Waals surface area contributed by atoms with Crippen molar-refractivity contribution in [3.8, 4) is 5.75 Å². The molecule has 214 valence electrons. The first-order valence-corrected chi connectivity index (χ1v) is 14.6. The quantitative estimate of drug-likeness (QED) is 0.301. The molecule has 3 N–H and O–H groups in total. The van der Waals surface area contributed by atoms with Crippen LogP contribution < -0.4 is 25.6 Å². The van der Waals surface area contributed by atoms with Gasteiger partial charge in [0.1, 0.15) is 16.6 Å². The standard InChI is InChI=1S/C27H33ClFN7O3S/c1-5-25(37)31-20-14-21(23(39-4)15-22(20)36-11-9-35(3)10-12-36)33-27-30-16-18(28)26(34-27)32-19-8-7-17(29)13-24(19)40(38)6-2/h7-8,13-16H,5-6,9-12H2,1-4H3,(H,31,37)(H2,30,32,33,34). The van der Waals surface area contributed by atoms with E-state index in [2.05, 4.69) is 42.8 Å². The van der Waals surface area contributed by atoms with Crippen LogP contribution in [0.3, 0.4) is 0 Å². The molecule has 3 aromatic rings. The molecule has 0 bridgehead atoms. The first-order valence-electron chi connectivity index (χ1n) is 12.9. The number of carbonyl (C=O) groups is 1. The van der Waals surface area contributed by atoms with Gasteiger partial charge in [-0.2, -0.15) is 4.98 Å². The van der Waals surface area contributed by atoms with Crippen molar-refractivity contribution >= 4 is 62.8 Å². The Labute approximate surface area is 240 Å². The molecule has 13 heteroatoms. The zero-order valence-corrected chi connectivity index (χ0v) is 24.5. The molecule has 0 spiro atoms. The average molecular weight is 590 g/mol. The van der Waals surface area contributed by atoms with E-state index in [0.717, 1.165) is 31.9 Å². The van der Waals surface area contributed by atoms with E-state index in [1.54, 1.807) is 27.0 Å².